The number of nitrogens with one attached hydrogen (secondary N) is 1. The van der Waals surface area contributed by atoms with Crippen LogP contribution < -0.4 is 10.5 Å². The fourth-order valence-corrected chi connectivity index (χ4v) is 3.87. The second kappa shape index (κ2) is 6.46. The van der Waals surface area contributed by atoms with Gasteiger partial charge in [0.2, 0.25) is 10.0 Å². The Labute approximate surface area is 129 Å². The highest BCUT2D eigenvalue weighted by Crippen LogP contribution is 2.22. The van der Waals surface area contributed by atoms with Crippen LogP contribution in [0.2, 0.25) is 0 Å². The number of nitrogens with zero attached hydrogens (tertiary/aromatic N) is 1. The molecule has 1 atom stereocenters. The van der Waals surface area contributed by atoms with E-state index in [2.05, 4.69) is 9.71 Å². The van der Waals surface area contributed by atoms with Gasteiger partial charge in [0, 0.05) is 35.6 Å². The summed E-state index contributed by atoms with van der Waals surface area (Å²) >= 11 is 4.86. The van der Waals surface area contributed by atoms with Crippen molar-refractivity contribution in [2.75, 3.05) is 0 Å². The van der Waals surface area contributed by atoms with E-state index in [1.54, 1.807) is 30.6 Å². The summed E-state index contributed by atoms with van der Waals surface area (Å²) in [5.74, 6) is 0. The number of rotatable bonds is 6. The van der Waals surface area contributed by atoms with Crippen LogP contribution >= 0.6 is 12.2 Å². The van der Waals surface area contributed by atoms with Crippen molar-refractivity contribution in [1.29, 1.82) is 0 Å². The molecule has 0 saturated heterocycles. The van der Waals surface area contributed by atoms with Gasteiger partial charge in [-0.15, -0.1) is 0 Å². The molecule has 112 valence electrons. The maximum absolute atomic E-state index is 12.6. The van der Waals surface area contributed by atoms with Gasteiger partial charge in [0.05, 0.1) is 9.88 Å². The fourth-order valence-electron chi connectivity index (χ4n) is 2.12. The third-order valence-electron chi connectivity index (χ3n) is 3.19. The molecular formula is C14H17N3O2S2. The van der Waals surface area contributed by atoms with Gasteiger partial charge >= 0.3 is 0 Å². The molecule has 0 aliphatic heterocycles. The first kappa shape index (κ1) is 15.8. The summed E-state index contributed by atoms with van der Waals surface area (Å²) in [4.78, 5) is 4.54. The molecule has 0 radical (unpaired) electrons. The molecule has 5 nitrogen and oxygen atoms in total. The van der Waals surface area contributed by atoms with Crippen LogP contribution in [-0.2, 0) is 10.0 Å². The summed E-state index contributed by atoms with van der Waals surface area (Å²) in [6.07, 6.45) is 4.18. The van der Waals surface area contributed by atoms with Gasteiger partial charge in [-0.25, -0.2) is 13.1 Å². The number of aromatic nitrogens is 1. The highest BCUT2D eigenvalue weighted by molar-refractivity contribution is 7.89. The van der Waals surface area contributed by atoms with Crippen molar-refractivity contribution in [2.24, 2.45) is 5.73 Å². The quantitative estimate of drug-likeness (QED) is 0.794. The molecule has 0 spiro atoms. The summed E-state index contributed by atoms with van der Waals surface area (Å²) in [7, 11) is -3.64. The van der Waals surface area contributed by atoms with Crippen LogP contribution in [0.1, 0.15) is 19.8 Å². The van der Waals surface area contributed by atoms with E-state index in [9.17, 15) is 8.42 Å². The molecule has 0 aliphatic carbocycles. The van der Waals surface area contributed by atoms with Crippen LogP contribution in [0.5, 0.6) is 0 Å². The Morgan fingerprint density at radius 1 is 1.43 bits per heavy atom. The number of pyridine rings is 1. The first-order chi connectivity index (χ1) is 9.94. The minimum atomic E-state index is -3.64. The van der Waals surface area contributed by atoms with Crippen LogP contribution in [0.25, 0.3) is 10.8 Å². The highest BCUT2D eigenvalue weighted by atomic mass is 32.2. The Kier molecular flexibility index (Phi) is 4.87. The summed E-state index contributed by atoms with van der Waals surface area (Å²) in [5.41, 5.74) is 5.51. The number of hydrogen-bond acceptors (Lipinski definition) is 4. The van der Waals surface area contributed by atoms with E-state index >= 15 is 0 Å². The number of fused-ring (bicyclic) bond motifs is 1. The Hall–Kier alpha value is -1.57. The van der Waals surface area contributed by atoms with Gasteiger partial charge in [0.15, 0.2) is 0 Å². The SMILES string of the molecule is CCC(CC(N)=S)NS(=O)(=O)c1cccc2cnccc12. The molecule has 2 rings (SSSR count). The number of hydrogen-bond donors (Lipinski definition) is 2. The van der Waals surface area contributed by atoms with Crippen molar-refractivity contribution in [3.63, 3.8) is 0 Å². The molecule has 21 heavy (non-hydrogen) atoms. The lowest BCUT2D eigenvalue weighted by molar-refractivity contribution is 0.547. The van der Waals surface area contributed by atoms with E-state index in [0.717, 1.165) is 5.39 Å². The van der Waals surface area contributed by atoms with Gasteiger partial charge in [-0.2, -0.15) is 0 Å². The van der Waals surface area contributed by atoms with E-state index in [1.165, 1.54) is 0 Å². The second-order valence-electron chi connectivity index (χ2n) is 4.75. The van der Waals surface area contributed by atoms with Crippen molar-refractivity contribution < 1.29 is 8.42 Å². The van der Waals surface area contributed by atoms with Crippen molar-refractivity contribution in [2.45, 2.75) is 30.7 Å². The zero-order valence-corrected chi connectivity index (χ0v) is 13.2. The molecule has 1 aromatic carbocycles. The molecule has 0 bridgehead atoms. The lowest BCUT2D eigenvalue weighted by Gasteiger charge is -2.17. The molecule has 1 unspecified atom stereocenters. The van der Waals surface area contributed by atoms with Crippen molar-refractivity contribution >= 4 is 38.0 Å². The van der Waals surface area contributed by atoms with Gasteiger partial charge in [0.25, 0.3) is 0 Å². The van der Waals surface area contributed by atoms with E-state index in [0.29, 0.717) is 23.2 Å². The van der Waals surface area contributed by atoms with Crippen LogP contribution in [0.4, 0.5) is 0 Å². The Bertz CT molecular complexity index is 754. The molecule has 0 saturated carbocycles. The third-order valence-corrected chi connectivity index (χ3v) is 4.94. The lowest BCUT2D eigenvalue weighted by atomic mass is 10.2. The second-order valence-corrected chi connectivity index (χ2v) is 6.96. The molecule has 7 heteroatoms. The van der Waals surface area contributed by atoms with E-state index < -0.39 is 10.0 Å². The first-order valence-corrected chi connectivity index (χ1v) is 8.46. The molecule has 0 amide bonds. The first-order valence-electron chi connectivity index (χ1n) is 6.57. The normalized spacial score (nSPS) is 13.2. The smallest absolute Gasteiger partial charge is 0.241 e. The van der Waals surface area contributed by atoms with Gasteiger partial charge < -0.3 is 5.73 Å². The van der Waals surface area contributed by atoms with Crippen molar-refractivity contribution in [3.8, 4) is 0 Å². The predicted octanol–water partition coefficient (Wildman–Crippen LogP) is 1.97. The van der Waals surface area contributed by atoms with E-state index in [4.69, 9.17) is 18.0 Å². The Morgan fingerprint density at radius 2 is 2.19 bits per heavy atom. The highest BCUT2D eigenvalue weighted by Gasteiger charge is 2.21. The molecule has 1 aromatic heterocycles. The van der Waals surface area contributed by atoms with Crippen LogP contribution in [0.15, 0.2) is 41.6 Å². The molecule has 2 aromatic rings. The molecule has 0 fully saturated rings. The zero-order chi connectivity index (χ0) is 15.5. The number of sulfonamides is 1. The summed E-state index contributed by atoms with van der Waals surface area (Å²) in [5, 5.41) is 1.42. The van der Waals surface area contributed by atoms with Gasteiger partial charge in [0.1, 0.15) is 0 Å². The number of benzene rings is 1. The number of nitrogens with two attached hydrogens (primary N) is 1. The van der Waals surface area contributed by atoms with E-state index in [-0.39, 0.29) is 10.9 Å². The largest absolute Gasteiger partial charge is 0.393 e. The number of thiocarbonyl (C=S) groups is 1. The summed E-state index contributed by atoms with van der Waals surface area (Å²) < 4.78 is 27.8. The Morgan fingerprint density at radius 3 is 2.86 bits per heavy atom. The molecule has 1 heterocycles. The predicted molar refractivity (Wildman–Crippen MR) is 87.5 cm³/mol. The third kappa shape index (κ3) is 3.75. The molecular weight excluding hydrogens is 306 g/mol. The lowest BCUT2D eigenvalue weighted by Crippen LogP contribution is -2.37. The van der Waals surface area contributed by atoms with Crippen molar-refractivity contribution in [1.82, 2.24) is 9.71 Å². The van der Waals surface area contributed by atoms with Gasteiger partial charge in [-0.1, -0.05) is 31.3 Å². The minimum Gasteiger partial charge on any atom is -0.393 e. The zero-order valence-electron chi connectivity index (χ0n) is 11.6. The average Bonchev–Trinajstić information content (AvgIpc) is 2.45. The van der Waals surface area contributed by atoms with Gasteiger partial charge in [-0.3, -0.25) is 4.98 Å². The topological polar surface area (TPSA) is 85.1 Å². The van der Waals surface area contributed by atoms with Crippen LogP contribution in [0, 0.1) is 0 Å². The monoisotopic (exact) mass is 323 g/mol. The van der Waals surface area contributed by atoms with Crippen LogP contribution in [0.3, 0.4) is 0 Å². The minimum absolute atomic E-state index is 0.240. The standard InChI is InChI=1S/C14H17N3O2S2/c1-2-11(8-14(15)20)17-21(18,19)13-5-3-4-10-9-16-7-6-12(10)13/h3-7,9,11,17H,2,8H2,1H3,(H2,15,20). The van der Waals surface area contributed by atoms with Gasteiger partial charge in [-0.05, 0) is 18.6 Å². The van der Waals surface area contributed by atoms with Crippen molar-refractivity contribution in [3.05, 3.63) is 36.7 Å². The van der Waals surface area contributed by atoms with Crippen LogP contribution in [-0.4, -0.2) is 24.4 Å². The summed E-state index contributed by atoms with van der Waals surface area (Å²) in [6.45, 7) is 1.89. The molecule has 3 N–H and O–H groups in total. The maximum atomic E-state index is 12.6. The average molecular weight is 323 g/mol. The summed E-state index contributed by atoms with van der Waals surface area (Å²) in [6, 6.07) is 6.50. The Balaban J connectivity index is 2.40. The van der Waals surface area contributed by atoms with E-state index in [1.807, 2.05) is 13.0 Å². The fraction of sp³-hybridized carbons (Fsp3) is 0.286. The maximum Gasteiger partial charge on any atom is 0.241 e. The molecule has 0 aliphatic rings.